The number of nitrogens with zero attached hydrogens (tertiary/aromatic N) is 3. The average Bonchev–Trinajstić information content (AvgIpc) is 3.64. The molecule has 7 atom stereocenters. The molecule has 0 bridgehead atoms. The SMILES string of the molecule is CC.CC1C[C@@H](C(=O)NCCN2C(=O)CC(C)C2=O)C[C@@H](C(=O)NCCN2C(=O)CC(C(C)C)C2=O)C1.CPC1CC(=O)N(CCNC=O)C1=O. The zero-order valence-electron chi connectivity index (χ0n) is 31.1. The molecule has 3 aliphatic heterocycles. The summed E-state index contributed by atoms with van der Waals surface area (Å²) in [7, 11) is 0.467. The van der Waals surface area contributed by atoms with Crippen LogP contribution in [0.4, 0.5) is 0 Å². The molecule has 15 nitrogen and oxygen atoms in total. The largest absolute Gasteiger partial charge is 0.357 e. The number of amides is 9. The Kier molecular flexibility index (Phi) is 17.8. The van der Waals surface area contributed by atoms with Crippen LogP contribution in [0.5, 0.6) is 0 Å². The minimum atomic E-state index is -0.328. The first kappa shape index (κ1) is 43.4. The molecule has 4 aliphatic rings. The monoisotopic (exact) mass is 736 g/mol. The van der Waals surface area contributed by atoms with Crippen LogP contribution in [0.2, 0.25) is 0 Å². The van der Waals surface area contributed by atoms with E-state index in [1.54, 1.807) is 6.92 Å². The summed E-state index contributed by atoms with van der Waals surface area (Å²) >= 11 is 0. The second kappa shape index (κ2) is 20.9. The standard InChI is InChI=1S/C25H38N4O6.C8H13N2O3P.C2H6/c1-14(2)19-13-21(31)29(25(19)35)8-6-27-23(33)18-10-15(3)9-17(12-18)22(32)26-5-7-28-20(30)11-16(4)24(28)34;1-14-6-4-7(12)10(8(6)13)3-2-9-5-11;1-2/h14-19H,5-13H2,1-4H3,(H,26,32)(H,27,33);5-6,14H,2-4H2,1H3,(H,9,11);1-2H3/t15?,16?,17-,18+,19?;;/m1../s1. The molecule has 1 aliphatic carbocycles. The Morgan fingerprint density at radius 2 is 1.20 bits per heavy atom. The molecule has 4 rings (SSSR count). The summed E-state index contributed by atoms with van der Waals surface area (Å²) in [6, 6.07) is 0. The van der Waals surface area contributed by atoms with Crippen LogP contribution in [-0.4, -0.2) is 120 Å². The fourth-order valence-corrected chi connectivity index (χ4v) is 7.61. The van der Waals surface area contributed by atoms with Crippen molar-refractivity contribution in [3.8, 4) is 0 Å². The predicted octanol–water partition coefficient (Wildman–Crippen LogP) is 0.892. The van der Waals surface area contributed by atoms with Gasteiger partial charge in [-0.3, -0.25) is 57.9 Å². The lowest BCUT2D eigenvalue weighted by Gasteiger charge is -2.32. The van der Waals surface area contributed by atoms with Crippen molar-refractivity contribution < 1.29 is 43.2 Å². The van der Waals surface area contributed by atoms with Gasteiger partial charge in [0.25, 0.3) is 0 Å². The van der Waals surface area contributed by atoms with Gasteiger partial charge in [0.1, 0.15) is 0 Å². The molecule has 16 heteroatoms. The number of carbonyl (C=O) groups is 9. The smallest absolute Gasteiger partial charge is 0.236 e. The topological polar surface area (TPSA) is 199 Å². The predicted molar refractivity (Wildman–Crippen MR) is 191 cm³/mol. The van der Waals surface area contributed by atoms with E-state index in [1.807, 2.05) is 41.3 Å². The second-order valence-electron chi connectivity index (χ2n) is 13.7. The van der Waals surface area contributed by atoms with Gasteiger partial charge in [-0.2, -0.15) is 0 Å². The first-order valence-corrected chi connectivity index (χ1v) is 19.7. The van der Waals surface area contributed by atoms with Crippen LogP contribution in [0.25, 0.3) is 0 Å². The fourth-order valence-electron chi connectivity index (χ4n) is 6.83. The van der Waals surface area contributed by atoms with Gasteiger partial charge in [-0.05, 0) is 37.8 Å². The van der Waals surface area contributed by atoms with Crippen LogP contribution >= 0.6 is 8.58 Å². The molecule has 3 heterocycles. The van der Waals surface area contributed by atoms with E-state index < -0.39 is 0 Å². The molecular weight excluding hydrogens is 679 g/mol. The molecule has 0 spiro atoms. The molecule has 9 amide bonds. The van der Waals surface area contributed by atoms with E-state index in [0.29, 0.717) is 47.2 Å². The van der Waals surface area contributed by atoms with Crippen LogP contribution in [0.15, 0.2) is 0 Å². The van der Waals surface area contributed by atoms with Crippen molar-refractivity contribution in [2.45, 2.75) is 85.7 Å². The van der Waals surface area contributed by atoms with E-state index >= 15 is 0 Å². The summed E-state index contributed by atoms with van der Waals surface area (Å²) in [5.41, 5.74) is -0.126. The van der Waals surface area contributed by atoms with Gasteiger partial charge in [0.05, 0.1) is 5.66 Å². The lowest BCUT2D eigenvalue weighted by Crippen LogP contribution is -2.44. The van der Waals surface area contributed by atoms with Crippen molar-refractivity contribution in [2.24, 2.45) is 35.5 Å². The van der Waals surface area contributed by atoms with Gasteiger partial charge < -0.3 is 16.0 Å². The summed E-state index contributed by atoms with van der Waals surface area (Å²) in [6.07, 6.45) is 3.07. The highest BCUT2D eigenvalue weighted by Gasteiger charge is 2.41. The Morgan fingerprint density at radius 1 is 0.725 bits per heavy atom. The number of likely N-dealkylation sites (tertiary alicyclic amines) is 3. The average molecular weight is 737 g/mol. The molecule has 0 aromatic rings. The second-order valence-corrected chi connectivity index (χ2v) is 15.0. The normalized spacial score (nSPS) is 26.4. The highest BCUT2D eigenvalue weighted by Crippen LogP contribution is 2.34. The van der Waals surface area contributed by atoms with Crippen LogP contribution in [0, 0.1) is 35.5 Å². The summed E-state index contributed by atoms with van der Waals surface area (Å²) in [6.45, 7) is 14.8. The number of imide groups is 3. The maximum atomic E-state index is 12.8. The molecule has 4 fully saturated rings. The third-order valence-electron chi connectivity index (χ3n) is 9.66. The number of nitrogens with one attached hydrogen (secondary N) is 3. The third-order valence-corrected chi connectivity index (χ3v) is 10.8. The van der Waals surface area contributed by atoms with Crippen molar-refractivity contribution in [1.82, 2.24) is 30.7 Å². The number of hydrogen-bond donors (Lipinski definition) is 3. The summed E-state index contributed by atoms with van der Waals surface area (Å²) in [4.78, 5) is 111. The Balaban J connectivity index is 0.000000470. The lowest BCUT2D eigenvalue weighted by molar-refractivity contribution is -0.141. The van der Waals surface area contributed by atoms with Crippen LogP contribution < -0.4 is 16.0 Å². The molecule has 0 aromatic heterocycles. The third kappa shape index (κ3) is 11.9. The number of carbonyl (C=O) groups excluding carboxylic acids is 9. The van der Waals surface area contributed by atoms with E-state index in [2.05, 4.69) is 16.0 Å². The molecule has 51 heavy (non-hydrogen) atoms. The summed E-state index contributed by atoms with van der Waals surface area (Å²) in [5, 5.41) is 8.08. The van der Waals surface area contributed by atoms with Gasteiger partial charge in [0, 0.05) is 82.2 Å². The zero-order valence-corrected chi connectivity index (χ0v) is 32.1. The highest BCUT2D eigenvalue weighted by molar-refractivity contribution is 7.39. The molecule has 5 unspecified atom stereocenters. The Labute approximate surface area is 302 Å². The van der Waals surface area contributed by atoms with Gasteiger partial charge in [0.15, 0.2) is 0 Å². The van der Waals surface area contributed by atoms with Crippen molar-refractivity contribution in [2.75, 3.05) is 45.9 Å². The first-order valence-electron chi connectivity index (χ1n) is 18.1. The molecule has 1 saturated carbocycles. The molecule has 3 N–H and O–H groups in total. The van der Waals surface area contributed by atoms with Crippen molar-refractivity contribution >= 4 is 62.2 Å². The molecule has 0 aromatic carbocycles. The maximum absolute atomic E-state index is 12.8. The minimum absolute atomic E-state index is 0.0940. The van der Waals surface area contributed by atoms with Gasteiger partial charge in [-0.1, -0.05) is 41.5 Å². The van der Waals surface area contributed by atoms with Crippen molar-refractivity contribution in [3.63, 3.8) is 0 Å². The quantitative estimate of drug-likeness (QED) is 0.100. The molecule has 3 saturated heterocycles. The van der Waals surface area contributed by atoms with Gasteiger partial charge in [-0.25, -0.2) is 0 Å². The maximum Gasteiger partial charge on any atom is 0.236 e. The Hall–Kier alpha value is -3.74. The highest BCUT2D eigenvalue weighted by atomic mass is 31.1. The van der Waals surface area contributed by atoms with E-state index in [9.17, 15) is 43.2 Å². The van der Waals surface area contributed by atoms with E-state index in [4.69, 9.17) is 0 Å². The van der Waals surface area contributed by atoms with Crippen LogP contribution in [0.1, 0.15) is 80.1 Å². The van der Waals surface area contributed by atoms with E-state index in [1.165, 1.54) is 14.7 Å². The molecule has 286 valence electrons. The fraction of sp³-hybridized carbons (Fsp3) is 0.743. The van der Waals surface area contributed by atoms with Crippen molar-refractivity contribution in [3.05, 3.63) is 0 Å². The number of rotatable bonds is 14. The van der Waals surface area contributed by atoms with E-state index in [0.717, 1.165) is 0 Å². The zero-order chi connectivity index (χ0) is 38.4. The minimum Gasteiger partial charge on any atom is -0.357 e. The molecular formula is C35H57N6O9P. The van der Waals surface area contributed by atoms with Crippen molar-refractivity contribution in [1.29, 1.82) is 0 Å². The van der Waals surface area contributed by atoms with Gasteiger partial charge in [0.2, 0.25) is 53.7 Å². The van der Waals surface area contributed by atoms with E-state index in [-0.39, 0.29) is 134 Å². The molecule has 0 radical (unpaired) electrons. The first-order chi connectivity index (χ1) is 24.2. The van der Waals surface area contributed by atoms with Crippen LogP contribution in [0.3, 0.4) is 0 Å². The lowest BCUT2D eigenvalue weighted by atomic mass is 9.75. The Bertz CT molecular complexity index is 1310. The summed E-state index contributed by atoms with van der Waals surface area (Å²) < 4.78 is 0. The van der Waals surface area contributed by atoms with Gasteiger partial charge in [-0.15, -0.1) is 8.58 Å². The summed E-state index contributed by atoms with van der Waals surface area (Å²) in [5.74, 6) is -2.32. The van der Waals surface area contributed by atoms with Gasteiger partial charge >= 0.3 is 0 Å². The Morgan fingerprint density at radius 3 is 1.63 bits per heavy atom. The van der Waals surface area contributed by atoms with Crippen LogP contribution in [-0.2, 0) is 43.2 Å². The number of hydrogen-bond acceptors (Lipinski definition) is 9.